The van der Waals surface area contributed by atoms with Gasteiger partial charge in [-0.3, -0.25) is 4.79 Å². The van der Waals surface area contributed by atoms with Gasteiger partial charge in [-0.1, -0.05) is 48.8 Å². The van der Waals surface area contributed by atoms with E-state index in [1.54, 1.807) is 0 Å². The van der Waals surface area contributed by atoms with Crippen LogP contribution in [-0.2, 0) is 10.2 Å². The number of carbonyl (C=O) groups excluding carboxylic acids is 1. The van der Waals surface area contributed by atoms with Crippen LogP contribution in [0.25, 0.3) is 0 Å². The minimum Gasteiger partial charge on any atom is -0.326 e. The third kappa shape index (κ3) is 5.21. The Hall–Kier alpha value is -0.830. The number of rotatable bonds is 5. The standard InChI is InChI=1S/C15H22BrNO/c1-15(2,3)12-7-9-13(10-8-12)17-14(18)6-4-5-11-16/h7-10H,4-6,11H2,1-3H3,(H,17,18). The third-order valence-electron chi connectivity index (χ3n) is 2.82. The minimum atomic E-state index is 0.0967. The SMILES string of the molecule is CC(C)(C)c1ccc(NC(=O)CCCCBr)cc1. The molecule has 0 unspecified atom stereocenters. The largest absolute Gasteiger partial charge is 0.326 e. The molecule has 0 bridgehead atoms. The second kappa shape index (κ2) is 6.93. The first kappa shape index (κ1) is 15.2. The van der Waals surface area contributed by atoms with E-state index in [4.69, 9.17) is 0 Å². The summed E-state index contributed by atoms with van der Waals surface area (Å²) in [5.74, 6) is 0.0967. The van der Waals surface area contributed by atoms with Gasteiger partial charge >= 0.3 is 0 Å². The van der Waals surface area contributed by atoms with Gasteiger partial charge < -0.3 is 5.32 Å². The highest BCUT2D eigenvalue weighted by Crippen LogP contribution is 2.23. The monoisotopic (exact) mass is 311 g/mol. The molecule has 100 valence electrons. The van der Waals surface area contributed by atoms with E-state index >= 15 is 0 Å². The fourth-order valence-corrected chi connectivity index (χ4v) is 2.05. The van der Waals surface area contributed by atoms with E-state index in [0.29, 0.717) is 6.42 Å². The Kier molecular flexibility index (Phi) is 5.86. The first-order chi connectivity index (χ1) is 8.43. The Morgan fingerprint density at radius 1 is 1.17 bits per heavy atom. The Morgan fingerprint density at radius 3 is 2.28 bits per heavy atom. The van der Waals surface area contributed by atoms with Crippen molar-refractivity contribution in [2.45, 2.75) is 45.4 Å². The number of hydrogen-bond acceptors (Lipinski definition) is 1. The summed E-state index contributed by atoms with van der Waals surface area (Å²) in [5, 5.41) is 3.88. The molecule has 1 aromatic carbocycles. The molecule has 0 heterocycles. The van der Waals surface area contributed by atoms with Crippen LogP contribution >= 0.6 is 15.9 Å². The lowest BCUT2D eigenvalue weighted by Gasteiger charge is -2.19. The smallest absolute Gasteiger partial charge is 0.224 e. The van der Waals surface area contributed by atoms with Gasteiger partial charge in [0, 0.05) is 17.4 Å². The van der Waals surface area contributed by atoms with Crippen molar-refractivity contribution in [2.24, 2.45) is 0 Å². The quantitative estimate of drug-likeness (QED) is 0.630. The molecule has 1 N–H and O–H groups in total. The van der Waals surface area contributed by atoms with Crippen molar-refractivity contribution in [1.29, 1.82) is 0 Å². The van der Waals surface area contributed by atoms with Gasteiger partial charge in [0.1, 0.15) is 0 Å². The number of nitrogens with one attached hydrogen (secondary N) is 1. The van der Waals surface area contributed by atoms with Crippen LogP contribution in [0.15, 0.2) is 24.3 Å². The summed E-state index contributed by atoms with van der Waals surface area (Å²) < 4.78 is 0. The van der Waals surface area contributed by atoms with E-state index in [-0.39, 0.29) is 11.3 Å². The molecule has 0 aliphatic heterocycles. The maximum atomic E-state index is 11.6. The van der Waals surface area contributed by atoms with E-state index in [2.05, 4.69) is 54.2 Å². The van der Waals surface area contributed by atoms with Gasteiger partial charge in [-0.05, 0) is 36.0 Å². The number of benzene rings is 1. The predicted octanol–water partition coefficient (Wildman–Crippen LogP) is 4.49. The van der Waals surface area contributed by atoms with E-state index < -0.39 is 0 Å². The normalized spacial score (nSPS) is 11.3. The zero-order valence-corrected chi connectivity index (χ0v) is 13.0. The Labute approximate surface area is 118 Å². The van der Waals surface area contributed by atoms with Crippen LogP contribution in [0.5, 0.6) is 0 Å². The van der Waals surface area contributed by atoms with Crippen molar-refractivity contribution in [3.05, 3.63) is 29.8 Å². The highest BCUT2D eigenvalue weighted by molar-refractivity contribution is 9.09. The molecular formula is C15H22BrNO. The lowest BCUT2D eigenvalue weighted by atomic mass is 9.87. The van der Waals surface area contributed by atoms with E-state index in [9.17, 15) is 4.79 Å². The number of hydrogen-bond donors (Lipinski definition) is 1. The second-order valence-electron chi connectivity index (χ2n) is 5.52. The molecule has 1 amide bonds. The zero-order chi connectivity index (χ0) is 13.6. The number of amides is 1. The van der Waals surface area contributed by atoms with Gasteiger partial charge in [0.2, 0.25) is 5.91 Å². The maximum absolute atomic E-state index is 11.6. The number of halogens is 1. The molecular weight excluding hydrogens is 290 g/mol. The molecule has 1 aromatic rings. The van der Waals surface area contributed by atoms with Crippen molar-refractivity contribution < 1.29 is 4.79 Å². The first-order valence-corrected chi connectivity index (χ1v) is 7.52. The van der Waals surface area contributed by atoms with Gasteiger partial charge in [-0.2, -0.15) is 0 Å². The molecule has 0 saturated carbocycles. The Morgan fingerprint density at radius 2 is 1.78 bits per heavy atom. The summed E-state index contributed by atoms with van der Waals surface area (Å²) in [6, 6.07) is 8.11. The molecule has 0 aliphatic rings. The molecule has 18 heavy (non-hydrogen) atoms. The fraction of sp³-hybridized carbons (Fsp3) is 0.533. The molecule has 0 aromatic heterocycles. The number of carbonyl (C=O) groups is 1. The van der Waals surface area contributed by atoms with Crippen LogP contribution in [0.3, 0.4) is 0 Å². The average molecular weight is 312 g/mol. The predicted molar refractivity (Wildman–Crippen MR) is 81.4 cm³/mol. The number of unbranched alkanes of at least 4 members (excludes halogenated alkanes) is 1. The highest BCUT2D eigenvalue weighted by Gasteiger charge is 2.13. The molecule has 0 radical (unpaired) electrons. The lowest BCUT2D eigenvalue weighted by molar-refractivity contribution is -0.116. The summed E-state index contributed by atoms with van der Waals surface area (Å²) in [5.41, 5.74) is 2.31. The Balaban J connectivity index is 2.51. The van der Waals surface area contributed by atoms with Gasteiger partial charge in [-0.25, -0.2) is 0 Å². The lowest BCUT2D eigenvalue weighted by Crippen LogP contribution is -2.13. The van der Waals surface area contributed by atoms with Gasteiger partial charge in [0.25, 0.3) is 0 Å². The van der Waals surface area contributed by atoms with E-state index in [1.807, 2.05) is 12.1 Å². The molecule has 2 nitrogen and oxygen atoms in total. The second-order valence-corrected chi connectivity index (χ2v) is 6.31. The van der Waals surface area contributed by atoms with Crippen LogP contribution < -0.4 is 5.32 Å². The van der Waals surface area contributed by atoms with Gasteiger partial charge in [0.05, 0.1) is 0 Å². The van der Waals surface area contributed by atoms with Crippen molar-refractivity contribution >= 4 is 27.5 Å². The van der Waals surface area contributed by atoms with Crippen LogP contribution in [0.1, 0.15) is 45.6 Å². The summed E-state index contributed by atoms with van der Waals surface area (Å²) in [6.07, 6.45) is 2.56. The van der Waals surface area contributed by atoms with Gasteiger partial charge in [-0.15, -0.1) is 0 Å². The molecule has 0 aliphatic carbocycles. The average Bonchev–Trinajstić information content (AvgIpc) is 2.29. The van der Waals surface area contributed by atoms with Crippen LogP contribution in [0.4, 0.5) is 5.69 Å². The topological polar surface area (TPSA) is 29.1 Å². The molecule has 0 spiro atoms. The van der Waals surface area contributed by atoms with Crippen molar-refractivity contribution in [3.63, 3.8) is 0 Å². The zero-order valence-electron chi connectivity index (χ0n) is 11.4. The van der Waals surface area contributed by atoms with Crippen LogP contribution in [0, 0.1) is 0 Å². The van der Waals surface area contributed by atoms with Gasteiger partial charge in [0.15, 0.2) is 0 Å². The maximum Gasteiger partial charge on any atom is 0.224 e. The third-order valence-corrected chi connectivity index (χ3v) is 3.38. The van der Waals surface area contributed by atoms with Crippen LogP contribution in [0.2, 0.25) is 0 Å². The molecule has 1 rings (SSSR count). The highest BCUT2D eigenvalue weighted by atomic mass is 79.9. The van der Waals surface area contributed by atoms with E-state index in [1.165, 1.54) is 5.56 Å². The molecule has 3 heteroatoms. The molecule has 0 saturated heterocycles. The van der Waals surface area contributed by atoms with E-state index in [0.717, 1.165) is 23.9 Å². The summed E-state index contributed by atoms with van der Waals surface area (Å²) >= 11 is 3.36. The van der Waals surface area contributed by atoms with Crippen molar-refractivity contribution in [3.8, 4) is 0 Å². The van der Waals surface area contributed by atoms with Crippen molar-refractivity contribution in [2.75, 3.05) is 10.6 Å². The Bertz CT molecular complexity index is 378. The fourth-order valence-electron chi connectivity index (χ4n) is 1.66. The summed E-state index contributed by atoms with van der Waals surface area (Å²) in [4.78, 5) is 11.6. The number of anilines is 1. The first-order valence-electron chi connectivity index (χ1n) is 6.40. The van der Waals surface area contributed by atoms with Crippen LogP contribution in [-0.4, -0.2) is 11.2 Å². The molecule has 0 atom stereocenters. The van der Waals surface area contributed by atoms with Crippen molar-refractivity contribution in [1.82, 2.24) is 0 Å². The minimum absolute atomic E-state index is 0.0967. The number of alkyl halides is 1. The summed E-state index contributed by atoms with van der Waals surface area (Å²) in [7, 11) is 0. The summed E-state index contributed by atoms with van der Waals surface area (Å²) in [6.45, 7) is 6.54. The molecule has 0 fully saturated rings.